The number of carbonyl (C=O) groups excluding carboxylic acids is 1. The third-order valence-electron chi connectivity index (χ3n) is 2.71. The van der Waals surface area contributed by atoms with Crippen molar-refractivity contribution in [3.63, 3.8) is 0 Å². The lowest BCUT2D eigenvalue weighted by molar-refractivity contribution is -0.139. The van der Waals surface area contributed by atoms with Gasteiger partial charge in [-0.25, -0.2) is 4.79 Å². The Hall–Kier alpha value is -1.61. The zero-order valence-corrected chi connectivity index (χ0v) is 12.6. The number of hydrogen-bond donors (Lipinski definition) is 0. The molecule has 1 aromatic rings. The van der Waals surface area contributed by atoms with Gasteiger partial charge in [0.2, 0.25) is 0 Å². The minimum atomic E-state index is -0.289. The first kappa shape index (κ1) is 16.4. The summed E-state index contributed by atoms with van der Waals surface area (Å²) in [5, 5.41) is 0. The van der Waals surface area contributed by atoms with Crippen LogP contribution in [0.2, 0.25) is 0 Å². The SMILES string of the molecule is CCCCOC(=O)C(=Cc1ccccc1)COC(C)C. The Bertz CT molecular complexity index is 421. The maximum atomic E-state index is 12.1. The van der Waals surface area contributed by atoms with Crippen LogP contribution in [0.1, 0.15) is 39.2 Å². The number of rotatable bonds is 8. The monoisotopic (exact) mass is 276 g/mol. The fraction of sp³-hybridized carbons (Fsp3) is 0.471. The largest absolute Gasteiger partial charge is 0.462 e. The highest BCUT2D eigenvalue weighted by Gasteiger charge is 2.12. The van der Waals surface area contributed by atoms with Gasteiger partial charge in [0, 0.05) is 0 Å². The van der Waals surface area contributed by atoms with Gasteiger partial charge < -0.3 is 9.47 Å². The standard InChI is InChI=1S/C17H24O3/c1-4-5-11-19-17(18)16(13-20-14(2)3)12-15-9-7-6-8-10-15/h6-10,12,14H,4-5,11,13H2,1-3H3. The molecule has 0 heterocycles. The molecule has 1 aromatic carbocycles. The van der Waals surface area contributed by atoms with Gasteiger partial charge in [-0.1, -0.05) is 43.7 Å². The first-order valence-corrected chi connectivity index (χ1v) is 7.17. The fourth-order valence-electron chi connectivity index (χ4n) is 1.57. The van der Waals surface area contributed by atoms with Crippen molar-refractivity contribution in [1.82, 2.24) is 0 Å². The third-order valence-corrected chi connectivity index (χ3v) is 2.71. The lowest BCUT2D eigenvalue weighted by Gasteiger charge is -2.11. The number of carbonyl (C=O) groups is 1. The van der Waals surface area contributed by atoms with E-state index in [0.717, 1.165) is 18.4 Å². The van der Waals surface area contributed by atoms with Crippen LogP contribution in [0.3, 0.4) is 0 Å². The van der Waals surface area contributed by atoms with Crippen molar-refractivity contribution in [3.05, 3.63) is 41.5 Å². The molecule has 0 aromatic heterocycles. The van der Waals surface area contributed by atoms with Gasteiger partial charge in [0.05, 0.1) is 24.9 Å². The summed E-state index contributed by atoms with van der Waals surface area (Å²) in [4.78, 5) is 12.1. The molecule has 0 bridgehead atoms. The average Bonchev–Trinajstić information content (AvgIpc) is 2.44. The van der Waals surface area contributed by atoms with Gasteiger partial charge >= 0.3 is 5.97 Å². The van der Waals surface area contributed by atoms with Crippen LogP contribution >= 0.6 is 0 Å². The van der Waals surface area contributed by atoms with Crippen LogP contribution in [0.25, 0.3) is 6.08 Å². The van der Waals surface area contributed by atoms with Crippen LogP contribution in [0, 0.1) is 0 Å². The Balaban J connectivity index is 2.74. The first-order chi connectivity index (χ1) is 9.63. The molecule has 0 saturated carbocycles. The molecule has 0 unspecified atom stereocenters. The average molecular weight is 276 g/mol. The summed E-state index contributed by atoms with van der Waals surface area (Å²) in [6.45, 7) is 6.70. The molecule has 0 atom stereocenters. The van der Waals surface area contributed by atoms with Crippen molar-refractivity contribution in [2.75, 3.05) is 13.2 Å². The molecule has 3 nitrogen and oxygen atoms in total. The first-order valence-electron chi connectivity index (χ1n) is 7.17. The van der Waals surface area contributed by atoms with E-state index in [1.165, 1.54) is 0 Å². The lowest BCUT2D eigenvalue weighted by atomic mass is 10.1. The van der Waals surface area contributed by atoms with E-state index in [9.17, 15) is 4.79 Å². The molecule has 20 heavy (non-hydrogen) atoms. The second-order valence-electron chi connectivity index (χ2n) is 4.93. The predicted molar refractivity (Wildman–Crippen MR) is 81.4 cm³/mol. The van der Waals surface area contributed by atoms with Gasteiger partial charge in [0.25, 0.3) is 0 Å². The summed E-state index contributed by atoms with van der Waals surface area (Å²) >= 11 is 0. The topological polar surface area (TPSA) is 35.5 Å². The van der Waals surface area contributed by atoms with E-state index >= 15 is 0 Å². The summed E-state index contributed by atoms with van der Waals surface area (Å²) < 4.78 is 10.8. The fourth-order valence-corrected chi connectivity index (χ4v) is 1.57. The molecule has 1 rings (SSSR count). The Morgan fingerprint density at radius 1 is 1.25 bits per heavy atom. The van der Waals surface area contributed by atoms with Gasteiger partial charge in [0.1, 0.15) is 0 Å². The molecule has 0 aliphatic carbocycles. The van der Waals surface area contributed by atoms with E-state index in [1.807, 2.05) is 50.3 Å². The van der Waals surface area contributed by atoms with Gasteiger partial charge in [-0.05, 0) is 31.9 Å². The van der Waals surface area contributed by atoms with Crippen molar-refractivity contribution in [2.24, 2.45) is 0 Å². The van der Waals surface area contributed by atoms with Gasteiger partial charge in [0.15, 0.2) is 0 Å². The molecule has 0 aliphatic rings. The zero-order valence-electron chi connectivity index (χ0n) is 12.6. The maximum absolute atomic E-state index is 12.1. The van der Waals surface area contributed by atoms with Crippen LogP contribution in [-0.2, 0) is 14.3 Å². The molecular formula is C17H24O3. The molecule has 0 N–H and O–H groups in total. The molecule has 3 heteroatoms. The van der Waals surface area contributed by atoms with Gasteiger partial charge in [-0.2, -0.15) is 0 Å². The number of benzene rings is 1. The summed E-state index contributed by atoms with van der Waals surface area (Å²) in [5.74, 6) is -0.289. The highest BCUT2D eigenvalue weighted by Crippen LogP contribution is 2.10. The van der Waals surface area contributed by atoms with Crippen LogP contribution in [0.4, 0.5) is 0 Å². The highest BCUT2D eigenvalue weighted by atomic mass is 16.5. The smallest absolute Gasteiger partial charge is 0.336 e. The van der Waals surface area contributed by atoms with E-state index in [1.54, 1.807) is 0 Å². The number of ether oxygens (including phenoxy) is 2. The normalized spacial score (nSPS) is 11.7. The van der Waals surface area contributed by atoms with Gasteiger partial charge in [-0.15, -0.1) is 0 Å². The number of hydrogen-bond acceptors (Lipinski definition) is 3. The minimum absolute atomic E-state index is 0.0811. The zero-order chi connectivity index (χ0) is 14.8. The summed E-state index contributed by atoms with van der Waals surface area (Å²) in [6, 6.07) is 9.73. The van der Waals surface area contributed by atoms with E-state index in [4.69, 9.17) is 9.47 Å². The summed E-state index contributed by atoms with van der Waals surface area (Å²) in [5.41, 5.74) is 1.53. The molecule has 0 radical (unpaired) electrons. The third kappa shape index (κ3) is 6.53. The van der Waals surface area contributed by atoms with Crippen molar-refractivity contribution >= 4 is 12.0 Å². The molecule has 0 fully saturated rings. The molecule has 0 spiro atoms. The molecule has 0 saturated heterocycles. The van der Waals surface area contributed by atoms with Gasteiger partial charge in [-0.3, -0.25) is 0 Å². The van der Waals surface area contributed by atoms with Crippen LogP contribution in [0.5, 0.6) is 0 Å². The van der Waals surface area contributed by atoms with Crippen LogP contribution < -0.4 is 0 Å². The van der Waals surface area contributed by atoms with E-state index in [0.29, 0.717) is 12.2 Å². The molecule has 0 aliphatic heterocycles. The number of esters is 1. The lowest BCUT2D eigenvalue weighted by Crippen LogP contribution is -2.15. The van der Waals surface area contributed by atoms with E-state index < -0.39 is 0 Å². The van der Waals surface area contributed by atoms with Crippen molar-refractivity contribution in [2.45, 2.75) is 39.7 Å². The Morgan fingerprint density at radius 3 is 2.55 bits per heavy atom. The van der Waals surface area contributed by atoms with Crippen molar-refractivity contribution in [1.29, 1.82) is 0 Å². The van der Waals surface area contributed by atoms with Crippen LogP contribution in [-0.4, -0.2) is 25.3 Å². The Labute approximate surface area is 121 Å². The molecule has 0 amide bonds. The second kappa shape index (κ2) is 9.32. The highest BCUT2D eigenvalue weighted by molar-refractivity contribution is 5.94. The molecule has 110 valence electrons. The number of unbranched alkanes of at least 4 members (excludes halogenated alkanes) is 1. The minimum Gasteiger partial charge on any atom is -0.462 e. The summed E-state index contributed by atoms with van der Waals surface area (Å²) in [6.07, 6.45) is 3.80. The van der Waals surface area contributed by atoms with Crippen molar-refractivity contribution < 1.29 is 14.3 Å². The predicted octanol–water partition coefficient (Wildman–Crippen LogP) is 3.84. The van der Waals surface area contributed by atoms with E-state index in [2.05, 4.69) is 6.92 Å². The second-order valence-corrected chi connectivity index (χ2v) is 4.93. The molecular weight excluding hydrogens is 252 g/mol. The Kier molecular flexibility index (Phi) is 7.66. The van der Waals surface area contributed by atoms with Crippen molar-refractivity contribution in [3.8, 4) is 0 Å². The van der Waals surface area contributed by atoms with E-state index in [-0.39, 0.29) is 18.7 Å². The summed E-state index contributed by atoms with van der Waals surface area (Å²) in [7, 11) is 0. The maximum Gasteiger partial charge on any atom is 0.336 e. The quantitative estimate of drug-likeness (QED) is 0.411. The van der Waals surface area contributed by atoms with Crippen LogP contribution in [0.15, 0.2) is 35.9 Å². The Morgan fingerprint density at radius 2 is 1.95 bits per heavy atom.